The third-order valence-corrected chi connectivity index (χ3v) is 4.49. The minimum absolute atomic E-state index is 0.265. The summed E-state index contributed by atoms with van der Waals surface area (Å²) < 4.78 is 6.25. The smallest absolute Gasteiger partial charge is 0.189 e. The van der Waals surface area contributed by atoms with Crippen LogP contribution in [0.4, 0.5) is 0 Å². The fourth-order valence-corrected chi connectivity index (χ4v) is 4.00. The van der Waals surface area contributed by atoms with Gasteiger partial charge in [0.2, 0.25) is 6.10 Å². The molecule has 0 unspecified atom stereocenters. The van der Waals surface area contributed by atoms with E-state index in [1.807, 2.05) is 0 Å². The van der Waals surface area contributed by atoms with Crippen molar-refractivity contribution in [2.45, 2.75) is 52.6 Å². The molecule has 3 rings (SSSR count). The Kier molecular flexibility index (Phi) is 1.75. The highest BCUT2D eigenvalue weighted by Gasteiger charge is 2.63. The zero-order chi connectivity index (χ0) is 9.92. The van der Waals surface area contributed by atoms with Crippen molar-refractivity contribution in [2.24, 2.45) is 23.2 Å². The van der Waals surface area contributed by atoms with Crippen molar-refractivity contribution in [1.29, 1.82) is 0 Å². The van der Waals surface area contributed by atoms with Gasteiger partial charge < -0.3 is 0 Å². The summed E-state index contributed by atoms with van der Waals surface area (Å²) in [6.45, 7) is 6.92. The molecule has 0 amide bonds. The SMILES string of the molecule is CC(C)(C)[C+]1O[C@H]2CC[C@@H]3[C@H]2CC[C@H]13. The first kappa shape index (κ1) is 9.08. The molecule has 3 aliphatic rings. The molecule has 1 heterocycles. The van der Waals surface area contributed by atoms with Crippen LogP contribution in [0.1, 0.15) is 46.5 Å². The fraction of sp³-hybridized carbons (Fsp3) is 0.923. The van der Waals surface area contributed by atoms with E-state index in [4.69, 9.17) is 4.74 Å². The van der Waals surface area contributed by atoms with Gasteiger partial charge in [0.25, 0.3) is 0 Å². The standard InChI is InChI=1S/C13H21O/c1-13(2,3)12-10-5-4-9-8(10)6-7-11(9)14-12/h8-11H,4-7H2,1-3H3/q+1/t8-,9-,10+,11+/m1/s1. The summed E-state index contributed by atoms with van der Waals surface area (Å²) in [6, 6.07) is 0. The molecule has 0 aromatic heterocycles. The Morgan fingerprint density at radius 1 is 1.00 bits per heavy atom. The molecule has 78 valence electrons. The lowest BCUT2D eigenvalue weighted by Crippen LogP contribution is -2.38. The monoisotopic (exact) mass is 193 g/mol. The first-order chi connectivity index (χ1) is 6.57. The van der Waals surface area contributed by atoms with E-state index in [0.717, 1.165) is 17.8 Å². The molecule has 4 atom stereocenters. The Morgan fingerprint density at radius 2 is 1.71 bits per heavy atom. The summed E-state index contributed by atoms with van der Waals surface area (Å²) in [6.07, 6.45) is 7.61. The van der Waals surface area contributed by atoms with Crippen LogP contribution in [0, 0.1) is 29.3 Å². The van der Waals surface area contributed by atoms with Gasteiger partial charge in [0.15, 0.2) is 0 Å². The molecule has 14 heavy (non-hydrogen) atoms. The molecule has 4 bridgehead atoms. The molecule has 1 saturated heterocycles. The van der Waals surface area contributed by atoms with E-state index < -0.39 is 0 Å². The molecular weight excluding hydrogens is 172 g/mol. The summed E-state index contributed by atoms with van der Waals surface area (Å²) in [5, 5.41) is 0. The zero-order valence-electron chi connectivity index (χ0n) is 9.55. The van der Waals surface area contributed by atoms with E-state index in [0.29, 0.717) is 6.10 Å². The quantitative estimate of drug-likeness (QED) is 0.536. The molecular formula is C13H21O+. The number of hydrogen-bond acceptors (Lipinski definition) is 1. The van der Waals surface area contributed by atoms with Gasteiger partial charge in [-0.2, -0.15) is 4.74 Å². The maximum absolute atomic E-state index is 6.25. The molecule has 1 heteroatoms. The maximum Gasteiger partial charge on any atom is 0.250 e. The number of hydrogen-bond donors (Lipinski definition) is 0. The van der Waals surface area contributed by atoms with Crippen LogP contribution in [0.25, 0.3) is 0 Å². The molecule has 2 saturated carbocycles. The third kappa shape index (κ3) is 1.08. The van der Waals surface area contributed by atoms with E-state index in [-0.39, 0.29) is 5.41 Å². The number of rotatable bonds is 0. The van der Waals surface area contributed by atoms with E-state index in [1.165, 1.54) is 31.8 Å². The molecule has 1 aliphatic heterocycles. The van der Waals surface area contributed by atoms with Gasteiger partial charge in [0, 0.05) is 5.92 Å². The second-order valence-corrected chi connectivity index (χ2v) is 6.36. The lowest BCUT2D eigenvalue weighted by molar-refractivity contribution is -0.0572. The largest absolute Gasteiger partial charge is 0.250 e. The van der Waals surface area contributed by atoms with Crippen LogP contribution in [0.15, 0.2) is 0 Å². The molecule has 0 aromatic carbocycles. The van der Waals surface area contributed by atoms with Gasteiger partial charge in [-0.15, -0.1) is 0 Å². The summed E-state index contributed by atoms with van der Waals surface area (Å²) in [7, 11) is 0. The molecule has 0 aromatic rings. The van der Waals surface area contributed by atoms with E-state index in [9.17, 15) is 0 Å². The minimum Gasteiger partial charge on any atom is -0.189 e. The third-order valence-electron chi connectivity index (χ3n) is 4.49. The van der Waals surface area contributed by atoms with Gasteiger partial charge >= 0.3 is 0 Å². The van der Waals surface area contributed by atoms with Crippen LogP contribution in [-0.4, -0.2) is 6.10 Å². The molecule has 0 spiro atoms. The van der Waals surface area contributed by atoms with Gasteiger partial charge in [0.1, 0.15) is 17.4 Å². The van der Waals surface area contributed by atoms with Crippen molar-refractivity contribution in [3.63, 3.8) is 0 Å². The highest BCUT2D eigenvalue weighted by atomic mass is 16.5. The average molecular weight is 193 g/mol. The zero-order valence-corrected chi connectivity index (χ0v) is 9.55. The van der Waals surface area contributed by atoms with Gasteiger partial charge in [0.05, 0.1) is 0 Å². The predicted molar refractivity (Wildman–Crippen MR) is 56.5 cm³/mol. The summed E-state index contributed by atoms with van der Waals surface area (Å²) >= 11 is 0. The van der Waals surface area contributed by atoms with Crippen LogP contribution in [0.2, 0.25) is 0 Å². The topological polar surface area (TPSA) is 9.23 Å². The summed E-state index contributed by atoms with van der Waals surface area (Å²) in [5.41, 5.74) is 0.265. The van der Waals surface area contributed by atoms with Gasteiger partial charge in [-0.1, -0.05) is 0 Å². The Balaban J connectivity index is 1.90. The lowest BCUT2D eigenvalue weighted by atomic mass is 9.74. The first-order valence-corrected chi connectivity index (χ1v) is 6.11. The maximum atomic E-state index is 6.25. The van der Waals surface area contributed by atoms with Crippen molar-refractivity contribution in [2.75, 3.05) is 0 Å². The van der Waals surface area contributed by atoms with Crippen LogP contribution in [0.3, 0.4) is 0 Å². The second-order valence-electron chi connectivity index (χ2n) is 6.36. The van der Waals surface area contributed by atoms with Crippen molar-refractivity contribution in [3.05, 3.63) is 6.10 Å². The molecule has 2 aliphatic carbocycles. The molecule has 0 N–H and O–H groups in total. The average Bonchev–Trinajstić information content (AvgIpc) is 2.51. The Hall–Kier alpha value is -0.170. The molecule has 3 fully saturated rings. The highest BCUT2D eigenvalue weighted by Crippen LogP contribution is 2.60. The Morgan fingerprint density at radius 3 is 2.43 bits per heavy atom. The van der Waals surface area contributed by atoms with Crippen molar-refractivity contribution in [3.8, 4) is 0 Å². The molecule has 0 radical (unpaired) electrons. The van der Waals surface area contributed by atoms with Gasteiger partial charge in [-0.05, 0) is 52.4 Å². The van der Waals surface area contributed by atoms with Gasteiger partial charge in [-0.25, -0.2) is 0 Å². The second kappa shape index (κ2) is 2.69. The first-order valence-electron chi connectivity index (χ1n) is 6.11. The fourth-order valence-electron chi connectivity index (χ4n) is 4.00. The van der Waals surface area contributed by atoms with Crippen molar-refractivity contribution >= 4 is 0 Å². The van der Waals surface area contributed by atoms with Crippen LogP contribution < -0.4 is 0 Å². The minimum atomic E-state index is 0.265. The number of ether oxygens (including phenoxy) is 1. The Bertz CT molecular complexity index is 240. The summed E-state index contributed by atoms with van der Waals surface area (Å²) in [4.78, 5) is 0. The highest BCUT2D eigenvalue weighted by molar-refractivity contribution is 5.12. The van der Waals surface area contributed by atoms with Crippen molar-refractivity contribution in [1.82, 2.24) is 0 Å². The van der Waals surface area contributed by atoms with Gasteiger partial charge in [-0.3, -0.25) is 0 Å². The van der Waals surface area contributed by atoms with E-state index in [2.05, 4.69) is 20.8 Å². The Labute approximate surface area is 87.2 Å². The molecule has 1 nitrogen and oxygen atoms in total. The van der Waals surface area contributed by atoms with Crippen LogP contribution in [0.5, 0.6) is 0 Å². The normalized spacial score (nSPS) is 46.1. The van der Waals surface area contributed by atoms with Crippen LogP contribution in [-0.2, 0) is 4.74 Å². The van der Waals surface area contributed by atoms with E-state index in [1.54, 1.807) is 0 Å². The van der Waals surface area contributed by atoms with E-state index >= 15 is 0 Å². The predicted octanol–water partition coefficient (Wildman–Crippen LogP) is 3.40. The lowest BCUT2D eigenvalue weighted by Gasteiger charge is -2.31. The van der Waals surface area contributed by atoms with Crippen molar-refractivity contribution < 1.29 is 4.74 Å². The summed E-state index contributed by atoms with van der Waals surface area (Å²) in [5.74, 6) is 2.72. The van der Waals surface area contributed by atoms with Crippen LogP contribution >= 0.6 is 0 Å².